The van der Waals surface area contributed by atoms with Gasteiger partial charge in [-0.25, -0.2) is 4.39 Å². The van der Waals surface area contributed by atoms with E-state index in [1.165, 1.54) is 5.56 Å². The van der Waals surface area contributed by atoms with Crippen molar-refractivity contribution >= 4 is 10.9 Å². The summed E-state index contributed by atoms with van der Waals surface area (Å²) < 4.78 is 20.5. The first-order valence-electron chi connectivity index (χ1n) is 12.1. The number of hydrogen-bond donors (Lipinski definition) is 0. The topological polar surface area (TPSA) is 38.2 Å². The molecule has 0 spiro atoms. The molecule has 0 saturated carbocycles. The van der Waals surface area contributed by atoms with Crippen LogP contribution in [0.5, 0.6) is 5.75 Å². The fourth-order valence-electron chi connectivity index (χ4n) is 4.84. The highest BCUT2D eigenvalue weighted by Gasteiger charge is 2.20. The molecule has 4 aromatic rings. The van der Waals surface area contributed by atoms with Gasteiger partial charge in [-0.05, 0) is 105 Å². The van der Waals surface area contributed by atoms with Crippen LogP contribution in [0.4, 0.5) is 4.39 Å². The first-order chi connectivity index (χ1) is 16.7. The first kappa shape index (κ1) is 22.5. The summed E-state index contributed by atoms with van der Waals surface area (Å²) in [5.41, 5.74) is 4.73. The van der Waals surface area contributed by atoms with Gasteiger partial charge in [-0.15, -0.1) is 0 Å². The van der Waals surface area contributed by atoms with Crippen LogP contribution in [-0.2, 0) is 6.42 Å². The number of hydrogen-bond acceptors (Lipinski definition) is 4. The zero-order valence-corrected chi connectivity index (χ0v) is 19.6. The Bertz CT molecular complexity index is 1250. The van der Waals surface area contributed by atoms with Crippen molar-refractivity contribution in [1.29, 1.82) is 0 Å². The Morgan fingerprint density at radius 2 is 1.82 bits per heavy atom. The van der Waals surface area contributed by atoms with E-state index in [0.29, 0.717) is 18.1 Å². The van der Waals surface area contributed by atoms with Crippen molar-refractivity contribution < 1.29 is 9.13 Å². The molecular weight excluding hydrogens is 425 g/mol. The molecule has 4 nitrogen and oxygen atoms in total. The molecule has 1 aliphatic rings. The number of likely N-dealkylation sites (tertiary alicyclic amines) is 1. The van der Waals surface area contributed by atoms with E-state index in [1.807, 2.05) is 55.5 Å². The number of aryl methyl sites for hydroxylation is 1. The van der Waals surface area contributed by atoms with Crippen LogP contribution in [0.2, 0.25) is 0 Å². The SMILES string of the molecule is Cc1ccc2c(OCCN3CCC(Cc4ccc(F)c(-c5ccncc5)c4)CC3)cccc2n1. The van der Waals surface area contributed by atoms with Crippen LogP contribution in [-0.4, -0.2) is 41.1 Å². The smallest absolute Gasteiger partial charge is 0.131 e. The number of fused-ring (bicyclic) bond motifs is 1. The van der Waals surface area contributed by atoms with Crippen LogP contribution in [0.1, 0.15) is 24.1 Å². The van der Waals surface area contributed by atoms with Gasteiger partial charge in [0.25, 0.3) is 0 Å². The summed E-state index contributed by atoms with van der Waals surface area (Å²) in [6, 6.07) is 19.4. The Morgan fingerprint density at radius 3 is 2.65 bits per heavy atom. The Labute approximate surface area is 200 Å². The van der Waals surface area contributed by atoms with E-state index >= 15 is 0 Å². The molecule has 34 heavy (non-hydrogen) atoms. The molecule has 0 aliphatic carbocycles. The second kappa shape index (κ2) is 10.3. The van der Waals surface area contributed by atoms with Crippen molar-refractivity contribution in [2.24, 2.45) is 5.92 Å². The lowest BCUT2D eigenvalue weighted by Crippen LogP contribution is -2.37. The number of benzene rings is 2. The highest BCUT2D eigenvalue weighted by molar-refractivity contribution is 5.85. The third-order valence-electron chi connectivity index (χ3n) is 6.75. The molecule has 3 heterocycles. The first-order valence-corrected chi connectivity index (χ1v) is 12.1. The maximum absolute atomic E-state index is 14.4. The van der Waals surface area contributed by atoms with Gasteiger partial charge < -0.3 is 4.74 Å². The minimum absolute atomic E-state index is 0.179. The molecule has 0 N–H and O–H groups in total. The molecule has 0 unspecified atom stereocenters. The summed E-state index contributed by atoms with van der Waals surface area (Å²) in [4.78, 5) is 11.1. The Hall–Kier alpha value is -3.31. The number of piperidine rings is 1. The van der Waals surface area contributed by atoms with Crippen molar-refractivity contribution in [2.75, 3.05) is 26.2 Å². The number of halogens is 1. The average molecular weight is 456 g/mol. The number of ether oxygens (including phenoxy) is 1. The number of aromatic nitrogens is 2. The van der Waals surface area contributed by atoms with Crippen LogP contribution in [0.15, 0.2) is 73.1 Å². The summed E-state index contributed by atoms with van der Waals surface area (Å²) in [7, 11) is 0. The van der Waals surface area contributed by atoms with E-state index in [0.717, 1.165) is 66.8 Å². The molecule has 5 heteroatoms. The summed E-state index contributed by atoms with van der Waals surface area (Å²) in [5.74, 6) is 1.35. The third kappa shape index (κ3) is 5.26. The van der Waals surface area contributed by atoms with Gasteiger partial charge in [0.1, 0.15) is 18.2 Å². The molecule has 0 atom stereocenters. The zero-order chi connectivity index (χ0) is 23.3. The number of pyridine rings is 2. The van der Waals surface area contributed by atoms with Gasteiger partial charge in [-0.3, -0.25) is 14.9 Å². The Kier molecular flexibility index (Phi) is 6.82. The van der Waals surface area contributed by atoms with Crippen LogP contribution >= 0.6 is 0 Å². The molecule has 1 fully saturated rings. The van der Waals surface area contributed by atoms with Gasteiger partial charge in [0, 0.05) is 35.6 Å². The van der Waals surface area contributed by atoms with E-state index < -0.39 is 0 Å². The third-order valence-corrected chi connectivity index (χ3v) is 6.75. The lowest BCUT2D eigenvalue weighted by molar-refractivity contribution is 0.155. The predicted molar refractivity (Wildman–Crippen MR) is 134 cm³/mol. The molecule has 0 radical (unpaired) electrons. The average Bonchev–Trinajstić information content (AvgIpc) is 2.86. The maximum Gasteiger partial charge on any atom is 0.131 e. The van der Waals surface area contributed by atoms with Crippen LogP contribution in [0.25, 0.3) is 22.0 Å². The van der Waals surface area contributed by atoms with Crippen LogP contribution in [0.3, 0.4) is 0 Å². The Balaban J connectivity index is 1.12. The minimum Gasteiger partial charge on any atom is -0.492 e. The molecule has 174 valence electrons. The summed E-state index contributed by atoms with van der Waals surface area (Å²) in [6.07, 6.45) is 6.71. The molecular formula is C29H30FN3O. The fraction of sp³-hybridized carbons (Fsp3) is 0.310. The highest BCUT2D eigenvalue weighted by atomic mass is 19.1. The second-order valence-corrected chi connectivity index (χ2v) is 9.16. The van der Waals surface area contributed by atoms with Crippen molar-refractivity contribution in [2.45, 2.75) is 26.2 Å². The van der Waals surface area contributed by atoms with E-state index in [4.69, 9.17) is 4.74 Å². The second-order valence-electron chi connectivity index (χ2n) is 9.16. The molecule has 0 bridgehead atoms. The zero-order valence-electron chi connectivity index (χ0n) is 19.6. The number of rotatable bonds is 7. The number of nitrogens with zero attached hydrogens (tertiary/aromatic N) is 3. The van der Waals surface area contributed by atoms with Gasteiger partial charge in [0.15, 0.2) is 0 Å². The van der Waals surface area contributed by atoms with E-state index in [-0.39, 0.29) is 5.82 Å². The largest absolute Gasteiger partial charge is 0.492 e. The molecule has 2 aromatic heterocycles. The minimum atomic E-state index is -0.179. The van der Waals surface area contributed by atoms with E-state index in [2.05, 4.69) is 20.9 Å². The van der Waals surface area contributed by atoms with Crippen molar-refractivity contribution in [3.05, 3.63) is 90.1 Å². The van der Waals surface area contributed by atoms with E-state index in [1.54, 1.807) is 18.5 Å². The monoisotopic (exact) mass is 455 g/mol. The highest BCUT2D eigenvalue weighted by Crippen LogP contribution is 2.28. The summed E-state index contributed by atoms with van der Waals surface area (Å²) in [5, 5.41) is 1.07. The normalized spacial score (nSPS) is 15.0. The lowest BCUT2D eigenvalue weighted by Gasteiger charge is -2.32. The van der Waals surface area contributed by atoms with Gasteiger partial charge >= 0.3 is 0 Å². The van der Waals surface area contributed by atoms with Crippen molar-refractivity contribution in [3.63, 3.8) is 0 Å². The van der Waals surface area contributed by atoms with Gasteiger partial charge in [-0.1, -0.05) is 12.1 Å². The summed E-state index contributed by atoms with van der Waals surface area (Å²) >= 11 is 0. The predicted octanol–water partition coefficient (Wildman–Crippen LogP) is 6.08. The summed E-state index contributed by atoms with van der Waals surface area (Å²) in [6.45, 7) is 5.74. The standard InChI is InChI=1S/C29H30FN3O/c1-21-5-7-25-28(32-21)3-2-4-29(25)34-18-17-33-15-11-22(12-16-33)19-23-6-8-27(30)26(20-23)24-9-13-31-14-10-24/h2-10,13-14,20,22H,11-12,15-19H2,1H3. The van der Waals surface area contributed by atoms with Crippen molar-refractivity contribution in [3.8, 4) is 16.9 Å². The molecule has 0 amide bonds. The van der Waals surface area contributed by atoms with Crippen LogP contribution < -0.4 is 4.74 Å². The lowest BCUT2D eigenvalue weighted by atomic mass is 9.89. The Morgan fingerprint density at radius 1 is 1.00 bits per heavy atom. The molecule has 2 aromatic carbocycles. The fourth-order valence-corrected chi connectivity index (χ4v) is 4.84. The van der Waals surface area contributed by atoms with E-state index in [9.17, 15) is 4.39 Å². The van der Waals surface area contributed by atoms with Gasteiger partial charge in [0.2, 0.25) is 0 Å². The quantitative estimate of drug-likeness (QED) is 0.339. The van der Waals surface area contributed by atoms with Gasteiger partial charge in [0.05, 0.1) is 5.52 Å². The molecule has 1 aliphatic heterocycles. The van der Waals surface area contributed by atoms with Crippen molar-refractivity contribution in [1.82, 2.24) is 14.9 Å². The molecule has 1 saturated heterocycles. The molecule has 5 rings (SSSR count). The van der Waals surface area contributed by atoms with Gasteiger partial charge in [-0.2, -0.15) is 0 Å². The maximum atomic E-state index is 14.4. The van der Waals surface area contributed by atoms with Crippen LogP contribution in [0, 0.1) is 18.7 Å².